The molecular weight excluding hydrogens is 338 g/mol. The molecule has 0 aliphatic carbocycles. The number of nitrogens with one attached hydrogen (secondary N) is 1. The Labute approximate surface area is 158 Å². The molecule has 1 fully saturated rings. The summed E-state index contributed by atoms with van der Waals surface area (Å²) in [4.78, 5) is 18.8. The highest BCUT2D eigenvalue weighted by Gasteiger charge is 2.26. The summed E-state index contributed by atoms with van der Waals surface area (Å²) in [7, 11) is 0. The highest BCUT2D eigenvalue weighted by Crippen LogP contribution is 2.24. The molecule has 0 saturated carbocycles. The number of hydrogen-bond donors (Lipinski definition) is 1. The molecule has 6 nitrogen and oxygen atoms in total. The molecule has 27 heavy (non-hydrogen) atoms. The topological polar surface area (TPSA) is 71.0 Å². The number of carbonyl (C=O) groups is 1. The second kappa shape index (κ2) is 7.95. The average molecular weight is 359 g/mol. The number of hydrogen-bond acceptors (Lipinski definition) is 5. The number of anilines is 2. The van der Waals surface area contributed by atoms with Crippen LogP contribution in [0.25, 0.3) is 11.3 Å². The van der Waals surface area contributed by atoms with Crippen LogP contribution in [0.15, 0.2) is 67.0 Å². The van der Waals surface area contributed by atoms with Gasteiger partial charge >= 0.3 is 0 Å². The first kappa shape index (κ1) is 17.1. The molecule has 1 aliphatic rings. The number of benzene rings is 1. The minimum absolute atomic E-state index is 0.0292. The number of amides is 1. The van der Waals surface area contributed by atoms with E-state index >= 15 is 0 Å². The van der Waals surface area contributed by atoms with E-state index in [-0.39, 0.29) is 11.8 Å². The maximum atomic E-state index is 12.6. The van der Waals surface area contributed by atoms with Crippen molar-refractivity contribution >= 4 is 17.4 Å². The van der Waals surface area contributed by atoms with E-state index in [1.807, 2.05) is 54.6 Å². The molecule has 0 radical (unpaired) electrons. The SMILES string of the molecule is O=C(Nc1cccnc1)C1CCCN(c2ccc(-c3ccccc3)nn2)C1. The second-order valence-corrected chi connectivity index (χ2v) is 6.66. The largest absolute Gasteiger partial charge is 0.354 e. The quantitative estimate of drug-likeness (QED) is 0.773. The first-order valence-electron chi connectivity index (χ1n) is 9.14. The van der Waals surface area contributed by atoms with Crippen LogP contribution in [0.3, 0.4) is 0 Å². The molecule has 3 heterocycles. The third-order valence-electron chi connectivity index (χ3n) is 4.77. The molecule has 4 rings (SSSR count). The van der Waals surface area contributed by atoms with Crippen molar-refractivity contribution in [3.8, 4) is 11.3 Å². The van der Waals surface area contributed by atoms with Gasteiger partial charge in [0, 0.05) is 24.8 Å². The molecule has 1 amide bonds. The summed E-state index contributed by atoms with van der Waals surface area (Å²) in [5, 5.41) is 11.7. The van der Waals surface area contributed by atoms with Crippen LogP contribution in [-0.4, -0.2) is 34.2 Å². The van der Waals surface area contributed by atoms with E-state index in [1.54, 1.807) is 12.4 Å². The Bertz CT molecular complexity index is 883. The maximum absolute atomic E-state index is 12.6. The second-order valence-electron chi connectivity index (χ2n) is 6.66. The van der Waals surface area contributed by atoms with Crippen molar-refractivity contribution < 1.29 is 4.79 Å². The first-order valence-corrected chi connectivity index (χ1v) is 9.14. The summed E-state index contributed by atoms with van der Waals surface area (Å²) < 4.78 is 0. The molecule has 1 atom stereocenters. The zero-order valence-corrected chi connectivity index (χ0v) is 15.0. The first-order chi connectivity index (χ1) is 13.3. The molecule has 6 heteroatoms. The lowest BCUT2D eigenvalue weighted by molar-refractivity contribution is -0.120. The summed E-state index contributed by atoms with van der Waals surface area (Å²) in [6, 6.07) is 17.6. The van der Waals surface area contributed by atoms with E-state index in [0.717, 1.165) is 42.1 Å². The van der Waals surface area contributed by atoms with Crippen LogP contribution in [0.5, 0.6) is 0 Å². The van der Waals surface area contributed by atoms with E-state index in [2.05, 4.69) is 25.4 Å². The Morgan fingerprint density at radius 3 is 2.67 bits per heavy atom. The molecule has 1 unspecified atom stereocenters. The van der Waals surface area contributed by atoms with Crippen LogP contribution in [-0.2, 0) is 4.79 Å². The van der Waals surface area contributed by atoms with Crippen LogP contribution in [0.4, 0.5) is 11.5 Å². The van der Waals surface area contributed by atoms with E-state index < -0.39 is 0 Å². The number of pyridine rings is 1. The van der Waals surface area contributed by atoms with Crippen LogP contribution in [0.1, 0.15) is 12.8 Å². The van der Waals surface area contributed by atoms with Gasteiger partial charge in [-0.25, -0.2) is 0 Å². The van der Waals surface area contributed by atoms with Crippen molar-refractivity contribution in [3.63, 3.8) is 0 Å². The monoisotopic (exact) mass is 359 g/mol. The number of nitrogens with zero attached hydrogens (tertiary/aromatic N) is 4. The van der Waals surface area contributed by atoms with Gasteiger partial charge in [0.1, 0.15) is 0 Å². The predicted molar refractivity (Wildman–Crippen MR) is 105 cm³/mol. The fourth-order valence-corrected chi connectivity index (χ4v) is 3.34. The molecule has 1 aliphatic heterocycles. The van der Waals surface area contributed by atoms with Crippen LogP contribution in [0.2, 0.25) is 0 Å². The Hall–Kier alpha value is -3.28. The van der Waals surface area contributed by atoms with Crippen LogP contribution in [0, 0.1) is 5.92 Å². The summed E-state index contributed by atoms with van der Waals surface area (Å²) in [6.45, 7) is 1.53. The lowest BCUT2D eigenvalue weighted by Gasteiger charge is -2.32. The van der Waals surface area contributed by atoms with Crippen molar-refractivity contribution in [2.45, 2.75) is 12.8 Å². The molecule has 1 saturated heterocycles. The summed E-state index contributed by atoms with van der Waals surface area (Å²) >= 11 is 0. The van der Waals surface area contributed by atoms with Gasteiger partial charge in [-0.05, 0) is 37.1 Å². The average Bonchev–Trinajstić information content (AvgIpc) is 2.75. The lowest BCUT2D eigenvalue weighted by Crippen LogP contribution is -2.41. The molecule has 0 bridgehead atoms. The highest BCUT2D eigenvalue weighted by molar-refractivity contribution is 5.92. The summed E-state index contributed by atoms with van der Waals surface area (Å²) in [5.41, 5.74) is 2.62. The fourth-order valence-electron chi connectivity index (χ4n) is 3.34. The van der Waals surface area contributed by atoms with E-state index in [4.69, 9.17) is 0 Å². The lowest BCUT2D eigenvalue weighted by atomic mass is 9.97. The zero-order valence-electron chi connectivity index (χ0n) is 15.0. The van der Waals surface area contributed by atoms with Crippen LogP contribution >= 0.6 is 0 Å². The van der Waals surface area contributed by atoms with E-state index in [9.17, 15) is 4.79 Å². The Morgan fingerprint density at radius 2 is 1.93 bits per heavy atom. The predicted octanol–water partition coefficient (Wildman–Crippen LogP) is 3.39. The Kier molecular flexibility index (Phi) is 5.05. The minimum Gasteiger partial charge on any atom is -0.354 e. The van der Waals surface area contributed by atoms with Crippen molar-refractivity contribution in [1.82, 2.24) is 15.2 Å². The van der Waals surface area contributed by atoms with Gasteiger partial charge in [-0.3, -0.25) is 9.78 Å². The van der Waals surface area contributed by atoms with Gasteiger partial charge in [-0.15, -0.1) is 10.2 Å². The molecule has 3 aromatic rings. The number of aromatic nitrogens is 3. The summed E-state index contributed by atoms with van der Waals surface area (Å²) in [5.74, 6) is 0.768. The third-order valence-corrected chi connectivity index (χ3v) is 4.77. The smallest absolute Gasteiger partial charge is 0.229 e. The van der Waals surface area contributed by atoms with Gasteiger partial charge in [-0.2, -0.15) is 0 Å². The van der Waals surface area contributed by atoms with Crippen molar-refractivity contribution in [3.05, 3.63) is 67.0 Å². The number of piperidine rings is 1. The van der Waals surface area contributed by atoms with E-state index in [0.29, 0.717) is 6.54 Å². The molecule has 0 spiro atoms. The van der Waals surface area contributed by atoms with E-state index in [1.165, 1.54) is 0 Å². The highest BCUT2D eigenvalue weighted by atomic mass is 16.1. The summed E-state index contributed by atoms with van der Waals surface area (Å²) in [6.07, 6.45) is 5.17. The standard InChI is InChI=1S/C21H21N5O/c27-21(23-18-9-4-12-22-14-18)17-8-5-13-26(15-17)20-11-10-19(24-25-20)16-6-2-1-3-7-16/h1-4,6-7,9-12,14,17H,5,8,13,15H2,(H,23,27). The van der Waals surface area contributed by atoms with Gasteiger partial charge in [0.2, 0.25) is 5.91 Å². The molecule has 2 aromatic heterocycles. The van der Waals surface area contributed by atoms with Crippen molar-refractivity contribution in [1.29, 1.82) is 0 Å². The fraction of sp³-hybridized carbons (Fsp3) is 0.238. The maximum Gasteiger partial charge on any atom is 0.229 e. The molecule has 136 valence electrons. The van der Waals surface area contributed by atoms with Gasteiger partial charge < -0.3 is 10.2 Å². The van der Waals surface area contributed by atoms with Gasteiger partial charge in [-0.1, -0.05) is 30.3 Å². The van der Waals surface area contributed by atoms with Gasteiger partial charge in [0.25, 0.3) is 0 Å². The molecule has 1 N–H and O–H groups in total. The molecule has 1 aromatic carbocycles. The minimum atomic E-state index is -0.0745. The molecular formula is C21H21N5O. The number of rotatable bonds is 4. The Balaban J connectivity index is 1.43. The van der Waals surface area contributed by atoms with Crippen molar-refractivity contribution in [2.75, 3.05) is 23.3 Å². The normalized spacial score (nSPS) is 16.7. The van der Waals surface area contributed by atoms with Gasteiger partial charge in [0.15, 0.2) is 5.82 Å². The zero-order chi connectivity index (χ0) is 18.5. The van der Waals surface area contributed by atoms with Crippen LogP contribution < -0.4 is 10.2 Å². The number of carbonyl (C=O) groups excluding carboxylic acids is 1. The van der Waals surface area contributed by atoms with Gasteiger partial charge in [0.05, 0.1) is 23.5 Å². The van der Waals surface area contributed by atoms with Crippen molar-refractivity contribution in [2.24, 2.45) is 5.92 Å². The Morgan fingerprint density at radius 1 is 1.04 bits per heavy atom. The third kappa shape index (κ3) is 4.11.